The van der Waals surface area contributed by atoms with Gasteiger partial charge in [-0.3, -0.25) is 9.59 Å². The lowest BCUT2D eigenvalue weighted by molar-refractivity contribution is -0.143. The van der Waals surface area contributed by atoms with Crippen LogP contribution in [0.2, 0.25) is 0 Å². The normalized spacial score (nSPS) is 11.7. The quantitative estimate of drug-likeness (QED) is 0.333. The molecule has 1 aromatic heterocycles. The first-order valence-corrected chi connectivity index (χ1v) is 11.5. The first kappa shape index (κ1) is 26.0. The SMILES string of the molecule is CCCCCCCCn1cc(C(=O)OCC)c(=O)c2cc(F)c(C(C#N)C(=O)OCC)cc21. The molecule has 178 valence electrons. The van der Waals surface area contributed by atoms with E-state index in [2.05, 4.69) is 6.92 Å². The van der Waals surface area contributed by atoms with Gasteiger partial charge in [0.25, 0.3) is 0 Å². The number of rotatable bonds is 12. The lowest BCUT2D eigenvalue weighted by Gasteiger charge is -2.16. The number of fused-ring (bicyclic) bond motifs is 1. The summed E-state index contributed by atoms with van der Waals surface area (Å²) in [7, 11) is 0. The molecule has 1 aromatic carbocycles. The van der Waals surface area contributed by atoms with Crippen molar-refractivity contribution in [2.24, 2.45) is 0 Å². The first-order valence-electron chi connectivity index (χ1n) is 11.5. The Bertz CT molecular complexity index is 1090. The molecule has 0 aliphatic carbocycles. The number of aromatic nitrogens is 1. The third-order valence-electron chi connectivity index (χ3n) is 5.41. The molecule has 0 N–H and O–H groups in total. The number of halogens is 1. The summed E-state index contributed by atoms with van der Waals surface area (Å²) >= 11 is 0. The molecule has 0 amide bonds. The molecule has 0 aliphatic rings. The molecule has 0 saturated heterocycles. The van der Waals surface area contributed by atoms with Crippen LogP contribution in [0.25, 0.3) is 10.9 Å². The van der Waals surface area contributed by atoms with Gasteiger partial charge in [0.1, 0.15) is 11.4 Å². The number of esters is 2. The van der Waals surface area contributed by atoms with Crippen LogP contribution in [-0.4, -0.2) is 29.7 Å². The topological polar surface area (TPSA) is 98.4 Å². The van der Waals surface area contributed by atoms with Crippen LogP contribution >= 0.6 is 0 Å². The summed E-state index contributed by atoms with van der Waals surface area (Å²) in [6.07, 6.45) is 7.67. The molecule has 8 heteroatoms. The number of nitriles is 1. The van der Waals surface area contributed by atoms with E-state index in [1.165, 1.54) is 18.7 Å². The van der Waals surface area contributed by atoms with Crippen LogP contribution in [0.1, 0.15) is 81.1 Å². The Labute approximate surface area is 193 Å². The molecular weight excluding hydrogens is 427 g/mol. The summed E-state index contributed by atoms with van der Waals surface area (Å²) in [5.41, 5.74) is -0.645. The van der Waals surface area contributed by atoms with E-state index in [1.807, 2.05) is 0 Å². The van der Waals surface area contributed by atoms with Gasteiger partial charge in [0.05, 0.1) is 24.8 Å². The highest BCUT2D eigenvalue weighted by atomic mass is 19.1. The van der Waals surface area contributed by atoms with E-state index in [1.54, 1.807) is 24.5 Å². The van der Waals surface area contributed by atoms with Crippen molar-refractivity contribution in [2.45, 2.75) is 71.8 Å². The molecule has 1 heterocycles. The molecule has 0 aliphatic heterocycles. The van der Waals surface area contributed by atoms with Crippen molar-refractivity contribution in [1.82, 2.24) is 4.57 Å². The second-order valence-electron chi connectivity index (χ2n) is 7.76. The predicted octanol–water partition coefficient (Wildman–Crippen LogP) is 4.85. The number of hydrogen-bond donors (Lipinski definition) is 0. The Morgan fingerprint density at radius 2 is 1.73 bits per heavy atom. The molecule has 0 spiro atoms. The van der Waals surface area contributed by atoms with Crippen LogP contribution < -0.4 is 5.43 Å². The Balaban J connectivity index is 2.56. The highest BCUT2D eigenvalue weighted by molar-refractivity contribution is 5.94. The summed E-state index contributed by atoms with van der Waals surface area (Å²) in [5.74, 6) is -3.97. The molecule has 2 rings (SSSR count). The number of carbonyl (C=O) groups is 2. The second-order valence-corrected chi connectivity index (χ2v) is 7.76. The minimum Gasteiger partial charge on any atom is -0.465 e. The van der Waals surface area contributed by atoms with Gasteiger partial charge in [0.15, 0.2) is 5.92 Å². The average Bonchev–Trinajstić information content (AvgIpc) is 2.79. The maximum absolute atomic E-state index is 15.0. The molecule has 0 fully saturated rings. The van der Waals surface area contributed by atoms with Crippen molar-refractivity contribution in [3.8, 4) is 6.07 Å². The number of hydrogen-bond acceptors (Lipinski definition) is 6. The van der Waals surface area contributed by atoms with Gasteiger partial charge in [0, 0.05) is 23.7 Å². The van der Waals surface area contributed by atoms with Gasteiger partial charge in [-0.2, -0.15) is 5.26 Å². The Morgan fingerprint density at radius 3 is 2.36 bits per heavy atom. The Hall–Kier alpha value is -3.21. The number of aryl methyl sites for hydroxylation is 1. The van der Waals surface area contributed by atoms with Crippen molar-refractivity contribution in [2.75, 3.05) is 13.2 Å². The first-order chi connectivity index (χ1) is 15.9. The van der Waals surface area contributed by atoms with Gasteiger partial charge in [-0.25, -0.2) is 9.18 Å². The van der Waals surface area contributed by atoms with E-state index >= 15 is 0 Å². The number of unbranched alkanes of at least 4 members (excludes halogenated alkanes) is 5. The summed E-state index contributed by atoms with van der Waals surface area (Å²) in [6, 6.07) is 4.10. The molecule has 2 aromatic rings. The van der Waals surface area contributed by atoms with Crippen LogP contribution in [0.4, 0.5) is 4.39 Å². The number of nitrogens with zero attached hydrogens (tertiary/aromatic N) is 2. The van der Waals surface area contributed by atoms with E-state index in [9.17, 15) is 24.0 Å². The van der Waals surface area contributed by atoms with Gasteiger partial charge >= 0.3 is 11.9 Å². The van der Waals surface area contributed by atoms with Gasteiger partial charge in [-0.05, 0) is 32.4 Å². The summed E-state index contributed by atoms with van der Waals surface area (Å²) in [4.78, 5) is 37.5. The fourth-order valence-corrected chi connectivity index (χ4v) is 3.72. The molecule has 33 heavy (non-hydrogen) atoms. The number of carbonyl (C=O) groups excluding carboxylic acids is 2. The third-order valence-corrected chi connectivity index (χ3v) is 5.41. The largest absolute Gasteiger partial charge is 0.465 e. The van der Waals surface area contributed by atoms with Crippen molar-refractivity contribution in [1.29, 1.82) is 5.26 Å². The van der Waals surface area contributed by atoms with Crippen molar-refractivity contribution < 1.29 is 23.5 Å². The lowest BCUT2D eigenvalue weighted by Crippen LogP contribution is -2.22. The summed E-state index contributed by atoms with van der Waals surface area (Å²) in [6.45, 7) is 6.01. The average molecular weight is 459 g/mol. The van der Waals surface area contributed by atoms with Crippen LogP contribution in [0.3, 0.4) is 0 Å². The smallest absolute Gasteiger partial charge is 0.343 e. The highest BCUT2D eigenvalue weighted by Gasteiger charge is 2.27. The zero-order valence-corrected chi connectivity index (χ0v) is 19.5. The zero-order chi connectivity index (χ0) is 24.4. The summed E-state index contributed by atoms with van der Waals surface area (Å²) in [5, 5.41) is 9.46. The third kappa shape index (κ3) is 6.41. The minimum atomic E-state index is -1.46. The molecule has 1 atom stereocenters. The minimum absolute atomic E-state index is 0.00617. The Morgan fingerprint density at radius 1 is 1.06 bits per heavy atom. The molecule has 0 radical (unpaired) electrons. The van der Waals surface area contributed by atoms with Crippen LogP contribution in [0.15, 0.2) is 23.1 Å². The number of ether oxygens (including phenoxy) is 2. The van der Waals surface area contributed by atoms with Crippen LogP contribution in [0.5, 0.6) is 0 Å². The van der Waals surface area contributed by atoms with Crippen molar-refractivity contribution in [3.05, 3.63) is 45.5 Å². The van der Waals surface area contributed by atoms with E-state index in [4.69, 9.17) is 9.47 Å². The molecule has 0 saturated carbocycles. The fraction of sp³-hybridized carbons (Fsp3) is 0.520. The number of benzene rings is 1. The molecule has 7 nitrogen and oxygen atoms in total. The fourth-order valence-electron chi connectivity index (χ4n) is 3.72. The van der Waals surface area contributed by atoms with E-state index in [-0.39, 0.29) is 29.7 Å². The highest BCUT2D eigenvalue weighted by Crippen LogP contribution is 2.26. The molecule has 1 unspecified atom stereocenters. The van der Waals surface area contributed by atoms with Gasteiger partial charge in [-0.15, -0.1) is 0 Å². The predicted molar refractivity (Wildman–Crippen MR) is 122 cm³/mol. The maximum atomic E-state index is 15.0. The van der Waals surface area contributed by atoms with E-state index in [0.717, 1.165) is 38.2 Å². The monoisotopic (exact) mass is 458 g/mol. The van der Waals surface area contributed by atoms with E-state index in [0.29, 0.717) is 12.1 Å². The second kappa shape index (κ2) is 12.7. The van der Waals surface area contributed by atoms with Crippen LogP contribution in [0, 0.1) is 17.1 Å². The molecular formula is C25H31FN2O5. The molecule has 0 bridgehead atoms. The Kier molecular flexibility index (Phi) is 10.0. The van der Waals surface area contributed by atoms with Crippen LogP contribution in [-0.2, 0) is 20.8 Å². The van der Waals surface area contributed by atoms with Crippen molar-refractivity contribution >= 4 is 22.8 Å². The zero-order valence-electron chi connectivity index (χ0n) is 19.5. The maximum Gasteiger partial charge on any atom is 0.343 e. The summed E-state index contributed by atoms with van der Waals surface area (Å²) < 4.78 is 26.6. The van der Waals surface area contributed by atoms with Crippen molar-refractivity contribution in [3.63, 3.8) is 0 Å². The van der Waals surface area contributed by atoms with E-state index < -0.39 is 29.1 Å². The van der Waals surface area contributed by atoms with Gasteiger partial charge in [-0.1, -0.05) is 39.0 Å². The van der Waals surface area contributed by atoms with Gasteiger partial charge < -0.3 is 14.0 Å². The van der Waals surface area contributed by atoms with Gasteiger partial charge in [0.2, 0.25) is 5.43 Å². The lowest BCUT2D eigenvalue weighted by atomic mass is 9.97. The number of pyridine rings is 1. The standard InChI is InChI=1S/C25H31FN2O5/c1-4-7-8-9-10-11-12-28-16-20(25(31)33-6-3)23(29)18-13-21(26)17(14-22(18)28)19(15-27)24(30)32-5-2/h13-14,16,19H,4-12H2,1-3H3.